The van der Waals surface area contributed by atoms with E-state index < -0.39 is 12.1 Å². The second-order valence-corrected chi connectivity index (χ2v) is 4.81. The van der Waals surface area contributed by atoms with Crippen molar-refractivity contribution in [2.75, 3.05) is 13.1 Å². The highest BCUT2D eigenvalue weighted by Crippen LogP contribution is 2.00. The van der Waals surface area contributed by atoms with Gasteiger partial charge in [-0.05, 0) is 25.5 Å². The third-order valence-corrected chi connectivity index (χ3v) is 2.88. The van der Waals surface area contributed by atoms with E-state index in [-0.39, 0.29) is 24.8 Å². The molecular weight excluding hydrogens is 296 g/mol. The van der Waals surface area contributed by atoms with Crippen LogP contribution >= 0.6 is 0 Å². The van der Waals surface area contributed by atoms with Crippen LogP contribution in [0.1, 0.15) is 25.8 Å². The van der Waals surface area contributed by atoms with E-state index in [0.29, 0.717) is 6.54 Å². The fourth-order valence-electron chi connectivity index (χ4n) is 1.71. The zero-order chi connectivity index (χ0) is 17.1. The van der Waals surface area contributed by atoms with Gasteiger partial charge in [0.15, 0.2) is 6.10 Å². The van der Waals surface area contributed by atoms with E-state index >= 15 is 0 Å². The van der Waals surface area contributed by atoms with Gasteiger partial charge in [-0.3, -0.25) is 14.4 Å². The minimum Gasteiger partial charge on any atom is -0.452 e. The average molecular weight is 318 g/mol. The summed E-state index contributed by atoms with van der Waals surface area (Å²) in [5, 5.41) is 5.15. The maximum atomic E-state index is 11.6. The van der Waals surface area contributed by atoms with Crippen molar-refractivity contribution in [3.05, 3.63) is 42.0 Å². The van der Waals surface area contributed by atoms with E-state index in [4.69, 9.17) is 4.74 Å². The first-order valence-corrected chi connectivity index (χ1v) is 7.51. The van der Waals surface area contributed by atoms with Crippen LogP contribution in [0.15, 0.2) is 36.4 Å². The van der Waals surface area contributed by atoms with Gasteiger partial charge in [0, 0.05) is 19.2 Å². The Bertz CT molecular complexity index is 555. The zero-order valence-corrected chi connectivity index (χ0v) is 13.4. The van der Waals surface area contributed by atoms with Crippen LogP contribution in [0.2, 0.25) is 0 Å². The van der Waals surface area contributed by atoms with Crippen molar-refractivity contribution in [1.82, 2.24) is 10.6 Å². The van der Waals surface area contributed by atoms with Crippen LogP contribution < -0.4 is 10.6 Å². The highest BCUT2D eigenvalue weighted by atomic mass is 16.5. The SMILES string of the molecule is CCNC(=O)[C@@H](C)OC(=O)CCNC(=O)/C=C/c1ccccc1. The first-order valence-electron chi connectivity index (χ1n) is 7.51. The molecule has 0 aliphatic carbocycles. The van der Waals surface area contributed by atoms with E-state index in [0.717, 1.165) is 5.56 Å². The molecule has 1 atom stereocenters. The van der Waals surface area contributed by atoms with Crippen LogP contribution in [0, 0.1) is 0 Å². The van der Waals surface area contributed by atoms with Gasteiger partial charge in [-0.2, -0.15) is 0 Å². The predicted molar refractivity (Wildman–Crippen MR) is 87.3 cm³/mol. The molecule has 0 saturated carbocycles. The summed E-state index contributed by atoms with van der Waals surface area (Å²) in [6, 6.07) is 9.41. The van der Waals surface area contributed by atoms with Crippen molar-refractivity contribution in [3.8, 4) is 0 Å². The fraction of sp³-hybridized carbons (Fsp3) is 0.353. The number of rotatable bonds is 8. The van der Waals surface area contributed by atoms with Gasteiger partial charge in [0.25, 0.3) is 5.91 Å². The molecule has 6 nitrogen and oxygen atoms in total. The van der Waals surface area contributed by atoms with E-state index in [9.17, 15) is 14.4 Å². The predicted octanol–water partition coefficient (Wildman–Crippen LogP) is 1.27. The van der Waals surface area contributed by atoms with Gasteiger partial charge in [-0.15, -0.1) is 0 Å². The molecule has 2 N–H and O–H groups in total. The molecule has 124 valence electrons. The van der Waals surface area contributed by atoms with Gasteiger partial charge >= 0.3 is 5.97 Å². The summed E-state index contributed by atoms with van der Waals surface area (Å²) in [6.07, 6.45) is 2.26. The largest absolute Gasteiger partial charge is 0.452 e. The van der Waals surface area contributed by atoms with Crippen molar-refractivity contribution >= 4 is 23.9 Å². The van der Waals surface area contributed by atoms with E-state index in [2.05, 4.69) is 10.6 Å². The van der Waals surface area contributed by atoms with Crippen molar-refractivity contribution in [3.63, 3.8) is 0 Å². The first-order chi connectivity index (χ1) is 11.0. The van der Waals surface area contributed by atoms with Crippen LogP contribution in [-0.2, 0) is 19.1 Å². The standard InChI is InChI=1S/C17H22N2O4/c1-3-18-17(22)13(2)23-16(21)11-12-19-15(20)10-9-14-7-5-4-6-8-14/h4-10,13H,3,11-12H2,1-2H3,(H,18,22)(H,19,20)/b10-9+/t13-/m1/s1. The Kier molecular flexibility index (Phi) is 8.13. The maximum Gasteiger partial charge on any atom is 0.308 e. The van der Waals surface area contributed by atoms with Crippen LogP contribution in [0.5, 0.6) is 0 Å². The molecule has 0 aliphatic rings. The molecule has 1 aromatic rings. The number of carbonyl (C=O) groups excluding carboxylic acids is 3. The number of likely N-dealkylation sites (N-methyl/N-ethyl adjacent to an activating group) is 1. The summed E-state index contributed by atoms with van der Waals surface area (Å²) in [7, 11) is 0. The lowest BCUT2D eigenvalue weighted by atomic mass is 10.2. The van der Waals surface area contributed by atoms with E-state index in [1.54, 1.807) is 13.0 Å². The number of hydrogen-bond donors (Lipinski definition) is 2. The van der Waals surface area contributed by atoms with E-state index in [1.165, 1.54) is 13.0 Å². The third-order valence-electron chi connectivity index (χ3n) is 2.88. The van der Waals surface area contributed by atoms with E-state index in [1.807, 2.05) is 30.3 Å². The number of carbonyl (C=O) groups is 3. The molecule has 0 unspecified atom stereocenters. The molecule has 0 aliphatic heterocycles. The summed E-state index contributed by atoms with van der Waals surface area (Å²) in [4.78, 5) is 34.6. The number of benzene rings is 1. The van der Waals surface area contributed by atoms with Crippen molar-refractivity contribution in [2.45, 2.75) is 26.4 Å². The molecule has 1 rings (SSSR count). The summed E-state index contributed by atoms with van der Waals surface area (Å²) in [5.41, 5.74) is 0.915. The molecule has 0 saturated heterocycles. The maximum absolute atomic E-state index is 11.6. The lowest BCUT2D eigenvalue weighted by Gasteiger charge is -2.12. The van der Waals surface area contributed by atoms with Gasteiger partial charge in [-0.25, -0.2) is 0 Å². The van der Waals surface area contributed by atoms with Gasteiger partial charge in [-0.1, -0.05) is 30.3 Å². The normalized spacial score (nSPS) is 11.7. The van der Waals surface area contributed by atoms with Gasteiger partial charge in [0.1, 0.15) is 0 Å². The van der Waals surface area contributed by atoms with Gasteiger partial charge in [0.2, 0.25) is 5.91 Å². The van der Waals surface area contributed by atoms with Crippen LogP contribution in [-0.4, -0.2) is 37.0 Å². The Morgan fingerprint density at radius 1 is 1.17 bits per heavy atom. The van der Waals surface area contributed by atoms with Crippen LogP contribution in [0.4, 0.5) is 0 Å². The number of amides is 2. The topological polar surface area (TPSA) is 84.5 Å². The van der Waals surface area contributed by atoms with Crippen molar-refractivity contribution in [1.29, 1.82) is 0 Å². The average Bonchev–Trinajstić information content (AvgIpc) is 2.54. The molecule has 0 radical (unpaired) electrons. The Labute approximate surface area is 135 Å². The Morgan fingerprint density at radius 2 is 1.87 bits per heavy atom. The molecule has 23 heavy (non-hydrogen) atoms. The zero-order valence-electron chi connectivity index (χ0n) is 13.4. The summed E-state index contributed by atoms with van der Waals surface area (Å²) in [5.74, 6) is -1.16. The smallest absolute Gasteiger partial charge is 0.308 e. The molecule has 2 amide bonds. The molecule has 0 bridgehead atoms. The molecule has 6 heteroatoms. The molecule has 0 fully saturated rings. The van der Waals surface area contributed by atoms with Crippen LogP contribution in [0.3, 0.4) is 0 Å². The molecule has 0 heterocycles. The molecule has 1 aromatic carbocycles. The summed E-state index contributed by atoms with van der Waals surface area (Å²) >= 11 is 0. The first kappa shape index (κ1) is 18.4. The Balaban J connectivity index is 2.25. The van der Waals surface area contributed by atoms with Gasteiger partial charge in [0.05, 0.1) is 6.42 Å². The Morgan fingerprint density at radius 3 is 2.52 bits per heavy atom. The monoisotopic (exact) mass is 318 g/mol. The molecule has 0 spiro atoms. The number of nitrogens with one attached hydrogen (secondary N) is 2. The number of hydrogen-bond acceptors (Lipinski definition) is 4. The lowest BCUT2D eigenvalue weighted by molar-refractivity contribution is -0.154. The minimum atomic E-state index is -0.837. The number of esters is 1. The summed E-state index contributed by atoms with van der Waals surface area (Å²) in [6.45, 7) is 3.92. The third kappa shape index (κ3) is 7.80. The van der Waals surface area contributed by atoms with Gasteiger partial charge < -0.3 is 15.4 Å². The Hall–Kier alpha value is -2.63. The second kappa shape index (κ2) is 10.2. The van der Waals surface area contributed by atoms with Crippen molar-refractivity contribution in [2.24, 2.45) is 0 Å². The second-order valence-electron chi connectivity index (χ2n) is 4.81. The highest BCUT2D eigenvalue weighted by molar-refractivity contribution is 5.92. The quantitative estimate of drug-likeness (QED) is 0.558. The minimum absolute atomic E-state index is 0.00859. The lowest BCUT2D eigenvalue weighted by Crippen LogP contribution is -2.36. The summed E-state index contributed by atoms with van der Waals surface area (Å²) < 4.78 is 4.96. The number of ether oxygens (including phenoxy) is 1. The highest BCUT2D eigenvalue weighted by Gasteiger charge is 2.16. The fourth-order valence-corrected chi connectivity index (χ4v) is 1.71. The molecule has 0 aromatic heterocycles. The molecular formula is C17H22N2O4. The van der Waals surface area contributed by atoms with Crippen LogP contribution in [0.25, 0.3) is 6.08 Å². The van der Waals surface area contributed by atoms with Crippen molar-refractivity contribution < 1.29 is 19.1 Å².